The highest BCUT2D eigenvalue weighted by Gasteiger charge is 2.50. The fourth-order valence-electron chi connectivity index (χ4n) is 4.00. The number of hydrogen-bond acceptors (Lipinski definition) is 5. The summed E-state index contributed by atoms with van der Waals surface area (Å²) in [7, 11) is 0. The van der Waals surface area contributed by atoms with E-state index in [1.54, 1.807) is 15.9 Å². The summed E-state index contributed by atoms with van der Waals surface area (Å²) in [6.07, 6.45) is 1.87. The van der Waals surface area contributed by atoms with Crippen molar-refractivity contribution in [2.75, 3.05) is 29.9 Å². The van der Waals surface area contributed by atoms with E-state index in [0.717, 1.165) is 11.3 Å². The summed E-state index contributed by atoms with van der Waals surface area (Å²) in [4.78, 5) is 33.1. The number of rotatable bonds is 1. The number of carbonyl (C=O) groups is 2. The van der Waals surface area contributed by atoms with E-state index in [4.69, 9.17) is 27.9 Å². The number of halogens is 2. The molecule has 1 spiro atoms. The molecule has 160 valence electrons. The standard InChI is InChI=1S/C20H22Cl2N4O3S/c1-19(2,3)29-18(28)25-7-6-20(10-25)11-26(14-5-4-12(21)8-13(14)20)17(27)24-16-23-9-15(22)30-16/h4-5,8-9H,6-7,10-11H2,1-3H3,(H,23,24,27)/t20-/m1/s1. The second-order valence-corrected chi connectivity index (χ2v) is 10.7. The first-order valence-corrected chi connectivity index (χ1v) is 11.1. The Hall–Kier alpha value is -2.03. The Labute approximate surface area is 188 Å². The average molecular weight is 469 g/mol. The number of anilines is 2. The SMILES string of the molecule is CC(C)(C)OC(=O)N1CC[C@@]2(C1)CN(C(=O)Nc1ncc(Cl)s1)c1ccc(Cl)cc12. The zero-order valence-corrected chi connectivity index (χ0v) is 19.2. The number of aromatic nitrogens is 1. The van der Waals surface area contributed by atoms with Crippen LogP contribution >= 0.6 is 34.5 Å². The summed E-state index contributed by atoms with van der Waals surface area (Å²) < 4.78 is 6.04. The molecule has 3 heterocycles. The lowest BCUT2D eigenvalue weighted by molar-refractivity contribution is 0.0285. The van der Waals surface area contributed by atoms with E-state index in [0.29, 0.717) is 40.5 Å². The molecule has 0 radical (unpaired) electrons. The van der Waals surface area contributed by atoms with Crippen LogP contribution in [0.3, 0.4) is 0 Å². The maximum Gasteiger partial charge on any atom is 0.410 e. The van der Waals surface area contributed by atoms with Crippen LogP contribution in [0.4, 0.5) is 20.4 Å². The minimum Gasteiger partial charge on any atom is -0.444 e. The van der Waals surface area contributed by atoms with Crippen molar-refractivity contribution in [3.05, 3.63) is 39.3 Å². The van der Waals surface area contributed by atoms with Crippen LogP contribution in [0, 0.1) is 0 Å². The van der Waals surface area contributed by atoms with Gasteiger partial charge in [0, 0.05) is 35.8 Å². The molecule has 7 nitrogen and oxygen atoms in total. The molecule has 0 unspecified atom stereocenters. The Morgan fingerprint density at radius 1 is 1.27 bits per heavy atom. The Balaban J connectivity index is 1.59. The molecule has 1 fully saturated rings. The molecule has 3 amide bonds. The number of amides is 3. The van der Waals surface area contributed by atoms with Crippen LogP contribution < -0.4 is 10.2 Å². The van der Waals surface area contributed by atoms with Gasteiger partial charge in [-0.2, -0.15) is 0 Å². The van der Waals surface area contributed by atoms with Crippen LogP contribution in [-0.2, 0) is 10.2 Å². The quantitative estimate of drug-likeness (QED) is 0.609. The Morgan fingerprint density at radius 2 is 2.03 bits per heavy atom. The van der Waals surface area contributed by atoms with Gasteiger partial charge in [0.1, 0.15) is 9.94 Å². The van der Waals surface area contributed by atoms with Crippen molar-refractivity contribution in [2.45, 2.75) is 38.2 Å². The van der Waals surface area contributed by atoms with Gasteiger partial charge >= 0.3 is 12.1 Å². The fraction of sp³-hybridized carbons (Fsp3) is 0.450. The predicted molar refractivity (Wildman–Crippen MR) is 119 cm³/mol. The first-order chi connectivity index (χ1) is 14.1. The summed E-state index contributed by atoms with van der Waals surface area (Å²) >= 11 is 13.4. The Morgan fingerprint density at radius 3 is 2.70 bits per heavy atom. The van der Waals surface area contributed by atoms with Gasteiger partial charge in [-0.1, -0.05) is 34.5 Å². The second kappa shape index (κ2) is 7.59. The van der Waals surface area contributed by atoms with Gasteiger partial charge in [-0.15, -0.1) is 0 Å². The van der Waals surface area contributed by atoms with E-state index in [2.05, 4.69) is 10.3 Å². The summed E-state index contributed by atoms with van der Waals surface area (Å²) in [5.41, 5.74) is 0.790. The normalized spacial score (nSPS) is 20.6. The Kier molecular flexibility index (Phi) is 5.36. The molecule has 10 heteroatoms. The summed E-state index contributed by atoms with van der Waals surface area (Å²) in [6.45, 7) is 6.99. The van der Waals surface area contributed by atoms with Crippen LogP contribution in [0.15, 0.2) is 24.4 Å². The highest BCUT2D eigenvalue weighted by atomic mass is 35.5. The zero-order chi connectivity index (χ0) is 21.7. The van der Waals surface area contributed by atoms with Gasteiger partial charge in [0.15, 0.2) is 5.13 Å². The van der Waals surface area contributed by atoms with Gasteiger partial charge in [-0.05, 0) is 51.0 Å². The third-order valence-electron chi connectivity index (χ3n) is 5.22. The lowest BCUT2D eigenvalue weighted by atomic mass is 9.81. The molecule has 1 aromatic heterocycles. The second-order valence-electron chi connectivity index (χ2n) is 8.58. The molecule has 30 heavy (non-hydrogen) atoms. The molecule has 1 atom stereocenters. The van der Waals surface area contributed by atoms with Crippen molar-refractivity contribution in [3.63, 3.8) is 0 Å². The number of nitrogens with zero attached hydrogens (tertiary/aromatic N) is 3. The number of benzene rings is 1. The average Bonchev–Trinajstić information content (AvgIpc) is 3.33. The van der Waals surface area contributed by atoms with E-state index in [1.807, 2.05) is 32.9 Å². The monoisotopic (exact) mass is 468 g/mol. The number of carbonyl (C=O) groups excluding carboxylic acids is 2. The predicted octanol–water partition coefficient (Wildman–Crippen LogP) is 5.38. The van der Waals surface area contributed by atoms with E-state index >= 15 is 0 Å². The molecule has 2 aliphatic heterocycles. The van der Waals surface area contributed by atoms with Gasteiger partial charge in [0.25, 0.3) is 0 Å². The molecule has 1 aromatic carbocycles. The summed E-state index contributed by atoms with van der Waals surface area (Å²) in [5.74, 6) is 0. The van der Waals surface area contributed by atoms with E-state index < -0.39 is 11.0 Å². The van der Waals surface area contributed by atoms with Crippen molar-refractivity contribution in [3.8, 4) is 0 Å². The minimum absolute atomic E-state index is 0.294. The summed E-state index contributed by atoms with van der Waals surface area (Å²) in [5, 5.41) is 3.83. The number of likely N-dealkylation sites (tertiary alicyclic amines) is 1. The number of urea groups is 1. The van der Waals surface area contributed by atoms with E-state index in [-0.39, 0.29) is 12.1 Å². The minimum atomic E-state index is -0.565. The Bertz CT molecular complexity index is 1010. The number of hydrogen-bond donors (Lipinski definition) is 1. The van der Waals surface area contributed by atoms with Crippen molar-refractivity contribution >= 4 is 57.5 Å². The van der Waals surface area contributed by atoms with Crippen molar-refractivity contribution < 1.29 is 14.3 Å². The van der Waals surface area contributed by atoms with Crippen LogP contribution in [-0.4, -0.2) is 47.2 Å². The molecular weight excluding hydrogens is 447 g/mol. The molecule has 0 saturated carbocycles. The lowest BCUT2D eigenvalue weighted by Gasteiger charge is -2.27. The number of thiazole rings is 1. The van der Waals surface area contributed by atoms with E-state index in [1.165, 1.54) is 17.5 Å². The fourth-order valence-corrected chi connectivity index (χ4v) is 4.97. The molecular formula is C20H22Cl2N4O3S. The smallest absolute Gasteiger partial charge is 0.410 e. The van der Waals surface area contributed by atoms with Gasteiger partial charge in [-0.3, -0.25) is 10.2 Å². The molecule has 1 N–H and O–H groups in total. The maximum absolute atomic E-state index is 13.0. The van der Waals surface area contributed by atoms with Crippen LogP contribution in [0.1, 0.15) is 32.8 Å². The van der Waals surface area contributed by atoms with E-state index in [9.17, 15) is 9.59 Å². The van der Waals surface area contributed by atoms with Crippen molar-refractivity contribution in [2.24, 2.45) is 0 Å². The van der Waals surface area contributed by atoms with Gasteiger partial charge in [0.05, 0.1) is 6.20 Å². The molecule has 2 aromatic rings. The third-order valence-corrected chi connectivity index (χ3v) is 6.49. The lowest BCUT2D eigenvalue weighted by Crippen LogP contribution is -2.42. The van der Waals surface area contributed by atoms with Crippen molar-refractivity contribution in [1.82, 2.24) is 9.88 Å². The van der Waals surface area contributed by atoms with Crippen molar-refractivity contribution in [1.29, 1.82) is 0 Å². The zero-order valence-electron chi connectivity index (χ0n) is 16.9. The highest BCUT2D eigenvalue weighted by Crippen LogP contribution is 2.47. The molecule has 1 saturated heterocycles. The topological polar surface area (TPSA) is 74.8 Å². The van der Waals surface area contributed by atoms with Crippen LogP contribution in [0.25, 0.3) is 0 Å². The van der Waals surface area contributed by atoms with Crippen LogP contribution in [0.2, 0.25) is 9.36 Å². The highest BCUT2D eigenvalue weighted by molar-refractivity contribution is 7.19. The molecule has 2 aliphatic rings. The summed E-state index contributed by atoms with van der Waals surface area (Å²) in [6, 6.07) is 5.21. The largest absolute Gasteiger partial charge is 0.444 e. The number of fused-ring (bicyclic) bond motifs is 2. The first kappa shape index (κ1) is 21.2. The molecule has 0 bridgehead atoms. The van der Waals surface area contributed by atoms with Crippen LogP contribution in [0.5, 0.6) is 0 Å². The van der Waals surface area contributed by atoms with Gasteiger partial charge < -0.3 is 9.64 Å². The third kappa shape index (κ3) is 4.08. The number of nitrogens with one attached hydrogen (secondary N) is 1. The maximum atomic E-state index is 13.0. The van der Waals surface area contributed by atoms with Gasteiger partial charge in [0.2, 0.25) is 0 Å². The van der Waals surface area contributed by atoms with Gasteiger partial charge in [-0.25, -0.2) is 14.6 Å². The first-order valence-electron chi connectivity index (χ1n) is 9.54. The number of ether oxygens (including phenoxy) is 1. The molecule has 0 aliphatic carbocycles. The molecule has 4 rings (SSSR count).